The van der Waals surface area contributed by atoms with Crippen molar-refractivity contribution in [2.75, 3.05) is 12.4 Å². The van der Waals surface area contributed by atoms with Crippen LogP contribution < -0.4 is 10.1 Å². The molecule has 0 saturated heterocycles. The number of hydrogen-bond acceptors (Lipinski definition) is 6. The van der Waals surface area contributed by atoms with E-state index >= 15 is 0 Å². The van der Waals surface area contributed by atoms with Crippen molar-refractivity contribution in [3.8, 4) is 17.1 Å². The molecule has 1 aromatic carbocycles. The number of amides is 1. The van der Waals surface area contributed by atoms with Crippen LogP contribution in [0.25, 0.3) is 11.4 Å². The molecule has 3 aromatic rings. The molecule has 2 heterocycles. The van der Waals surface area contributed by atoms with Gasteiger partial charge in [0.1, 0.15) is 10.9 Å². The van der Waals surface area contributed by atoms with Gasteiger partial charge in [-0.25, -0.2) is 0 Å². The number of nitrogens with one attached hydrogen (secondary N) is 1. The van der Waals surface area contributed by atoms with Crippen molar-refractivity contribution in [2.24, 2.45) is 7.05 Å². The van der Waals surface area contributed by atoms with Crippen LogP contribution in [0.3, 0.4) is 0 Å². The van der Waals surface area contributed by atoms with Gasteiger partial charge in [-0.15, -0.1) is 0 Å². The molecule has 0 spiro atoms. The van der Waals surface area contributed by atoms with Gasteiger partial charge in [-0.3, -0.25) is 14.8 Å². The number of carbonyl (C=O) groups excluding carboxylic acids is 1. The Bertz CT molecular complexity index is 888. The van der Waals surface area contributed by atoms with Gasteiger partial charge in [0, 0.05) is 24.1 Å². The Kier molecular flexibility index (Phi) is 4.50. The minimum atomic E-state index is -0.358. The highest BCUT2D eigenvalue weighted by atomic mass is 35.5. The molecule has 0 fully saturated rings. The molecular formula is C15H14ClN5O2S. The summed E-state index contributed by atoms with van der Waals surface area (Å²) in [5.74, 6) is 0.930. The zero-order valence-electron chi connectivity index (χ0n) is 13.2. The molecule has 1 N–H and O–H groups in total. The first-order valence-electron chi connectivity index (χ1n) is 6.98. The van der Waals surface area contributed by atoms with Gasteiger partial charge in [0.25, 0.3) is 5.91 Å². The number of carbonyl (C=O) groups is 1. The molecule has 0 atom stereocenters. The summed E-state index contributed by atoms with van der Waals surface area (Å²) >= 11 is 7.20. The van der Waals surface area contributed by atoms with Gasteiger partial charge in [-0.05, 0) is 31.2 Å². The van der Waals surface area contributed by atoms with E-state index in [2.05, 4.69) is 19.8 Å². The lowest BCUT2D eigenvalue weighted by Gasteiger charge is -2.01. The molecule has 1 amide bonds. The molecule has 0 saturated carbocycles. The quantitative estimate of drug-likeness (QED) is 0.769. The highest BCUT2D eigenvalue weighted by Gasteiger charge is 2.20. The molecule has 0 aliphatic rings. The molecule has 9 heteroatoms. The summed E-state index contributed by atoms with van der Waals surface area (Å²) < 4.78 is 10.8. The lowest BCUT2D eigenvalue weighted by Crippen LogP contribution is -2.13. The Labute approximate surface area is 147 Å². The normalized spacial score (nSPS) is 10.7. The Balaban J connectivity index is 1.79. The lowest BCUT2D eigenvalue weighted by atomic mass is 10.2. The number of rotatable bonds is 4. The monoisotopic (exact) mass is 363 g/mol. The van der Waals surface area contributed by atoms with Crippen molar-refractivity contribution in [1.29, 1.82) is 0 Å². The van der Waals surface area contributed by atoms with Gasteiger partial charge in [0.2, 0.25) is 5.13 Å². The number of aromatic nitrogens is 4. The van der Waals surface area contributed by atoms with E-state index in [0.717, 1.165) is 22.8 Å². The first kappa shape index (κ1) is 16.4. The average molecular weight is 364 g/mol. The maximum absolute atomic E-state index is 12.4. The van der Waals surface area contributed by atoms with Crippen LogP contribution in [0.15, 0.2) is 24.3 Å². The highest BCUT2D eigenvalue weighted by molar-refractivity contribution is 7.10. The average Bonchev–Trinajstić information content (AvgIpc) is 3.12. The van der Waals surface area contributed by atoms with E-state index in [-0.39, 0.29) is 11.1 Å². The van der Waals surface area contributed by atoms with Crippen LogP contribution in [0.2, 0.25) is 5.15 Å². The topological polar surface area (TPSA) is 81.9 Å². The van der Waals surface area contributed by atoms with Crippen LogP contribution in [0.1, 0.15) is 16.1 Å². The van der Waals surface area contributed by atoms with E-state index in [1.165, 1.54) is 4.68 Å². The van der Waals surface area contributed by atoms with Gasteiger partial charge >= 0.3 is 0 Å². The summed E-state index contributed by atoms with van der Waals surface area (Å²) in [4.78, 5) is 16.7. The SMILES string of the molecule is COc1ccc(-c2nsc(NC(=O)c3c(C)nn(C)c3Cl)n2)cc1. The second kappa shape index (κ2) is 6.58. The number of anilines is 1. The van der Waals surface area contributed by atoms with Crippen LogP contribution in [0.5, 0.6) is 5.75 Å². The first-order chi connectivity index (χ1) is 11.5. The van der Waals surface area contributed by atoms with E-state index < -0.39 is 0 Å². The third-order valence-electron chi connectivity index (χ3n) is 3.37. The Morgan fingerprint density at radius 2 is 2.04 bits per heavy atom. The second-order valence-corrected chi connectivity index (χ2v) is 6.09. The predicted octanol–water partition coefficient (Wildman–Crippen LogP) is 3.16. The summed E-state index contributed by atoms with van der Waals surface area (Å²) in [5, 5.41) is 7.51. The summed E-state index contributed by atoms with van der Waals surface area (Å²) in [5.41, 5.74) is 1.73. The van der Waals surface area contributed by atoms with Crippen LogP contribution in [0, 0.1) is 6.92 Å². The van der Waals surface area contributed by atoms with Gasteiger partial charge in [0.05, 0.1) is 18.4 Å². The fourth-order valence-corrected chi connectivity index (χ4v) is 3.02. The number of benzene rings is 1. The van der Waals surface area contributed by atoms with E-state index in [9.17, 15) is 4.79 Å². The van der Waals surface area contributed by atoms with Crippen molar-refractivity contribution in [1.82, 2.24) is 19.1 Å². The van der Waals surface area contributed by atoms with Gasteiger partial charge in [-0.1, -0.05) is 11.6 Å². The Morgan fingerprint density at radius 3 is 2.62 bits per heavy atom. The van der Waals surface area contributed by atoms with Crippen molar-refractivity contribution in [2.45, 2.75) is 6.92 Å². The molecule has 0 aliphatic heterocycles. The minimum Gasteiger partial charge on any atom is -0.497 e. The molecule has 0 radical (unpaired) electrons. The standard InChI is InChI=1S/C15H14ClN5O2S/c1-8-11(12(16)21(2)19-8)14(22)18-15-17-13(20-24-15)9-4-6-10(23-3)7-5-9/h4-7H,1-3H3,(H,17,18,20,22). The fraction of sp³-hybridized carbons (Fsp3) is 0.200. The van der Waals surface area contributed by atoms with Crippen LogP contribution in [-0.2, 0) is 7.05 Å². The molecule has 7 nitrogen and oxygen atoms in total. The summed E-state index contributed by atoms with van der Waals surface area (Å²) in [7, 11) is 3.29. The molecule has 0 bridgehead atoms. The number of methoxy groups -OCH3 is 1. The second-order valence-electron chi connectivity index (χ2n) is 4.98. The van der Waals surface area contributed by atoms with Crippen molar-refractivity contribution >= 4 is 34.2 Å². The van der Waals surface area contributed by atoms with Gasteiger partial charge in [0.15, 0.2) is 5.82 Å². The number of hydrogen-bond donors (Lipinski definition) is 1. The molecule has 24 heavy (non-hydrogen) atoms. The smallest absolute Gasteiger partial charge is 0.262 e. The predicted molar refractivity (Wildman–Crippen MR) is 92.8 cm³/mol. The minimum absolute atomic E-state index is 0.282. The number of ether oxygens (including phenoxy) is 1. The Hall–Kier alpha value is -2.45. The number of halogens is 1. The third kappa shape index (κ3) is 3.10. The number of aryl methyl sites for hydroxylation is 2. The van der Waals surface area contributed by atoms with Gasteiger partial charge in [-0.2, -0.15) is 14.5 Å². The molecule has 0 unspecified atom stereocenters. The maximum Gasteiger partial charge on any atom is 0.262 e. The van der Waals surface area contributed by atoms with Crippen molar-refractivity contribution in [3.63, 3.8) is 0 Å². The summed E-state index contributed by atoms with van der Waals surface area (Å²) in [6, 6.07) is 7.37. The zero-order chi connectivity index (χ0) is 17.3. The van der Waals surface area contributed by atoms with E-state index in [1.807, 2.05) is 24.3 Å². The van der Waals surface area contributed by atoms with Crippen molar-refractivity contribution < 1.29 is 9.53 Å². The molecule has 3 rings (SSSR count). The molecule has 124 valence electrons. The Morgan fingerprint density at radius 1 is 1.33 bits per heavy atom. The van der Waals surface area contributed by atoms with Crippen LogP contribution in [-0.4, -0.2) is 32.2 Å². The fourth-order valence-electron chi connectivity index (χ4n) is 2.18. The molecule has 2 aromatic heterocycles. The van der Waals surface area contributed by atoms with Gasteiger partial charge < -0.3 is 4.74 Å². The lowest BCUT2D eigenvalue weighted by molar-refractivity contribution is 0.102. The highest BCUT2D eigenvalue weighted by Crippen LogP contribution is 2.25. The summed E-state index contributed by atoms with van der Waals surface area (Å²) in [6.07, 6.45) is 0. The van der Waals surface area contributed by atoms with E-state index in [4.69, 9.17) is 16.3 Å². The zero-order valence-corrected chi connectivity index (χ0v) is 14.8. The maximum atomic E-state index is 12.4. The summed E-state index contributed by atoms with van der Waals surface area (Å²) in [6.45, 7) is 1.73. The van der Waals surface area contributed by atoms with Crippen LogP contribution >= 0.6 is 23.1 Å². The molecular weight excluding hydrogens is 350 g/mol. The first-order valence-corrected chi connectivity index (χ1v) is 8.13. The van der Waals surface area contributed by atoms with E-state index in [0.29, 0.717) is 22.2 Å². The molecule has 0 aliphatic carbocycles. The van der Waals surface area contributed by atoms with Crippen LogP contribution in [0.4, 0.5) is 5.13 Å². The third-order valence-corrected chi connectivity index (χ3v) is 4.44. The van der Waals surface area contributed by atoms with Crippen molar-refractivity contribution in [3.05, 3.63) is 40.7 Å². The number of nitrogens with zero attached hydrogens (tertiary/aromatic N) is 4. The largest absolute Gasteiger partial charge is 0.497 e. The van der Waals surface area contributed by atoms with E-state index in [1.54, 1.807) is 21.1 Å².